The molecule has 0 aromatic carbocycles. The lowest BCUT2D eigenvalue weighted by Crippen LogP contribution is -2.25. The number of ether oxygens (including phenoxy) is 1. The van der Waals surface area contributed by atoms with Crippen molar-refractivity contribution in [2.75, 3.05) is 7.11 Å². The highest BCUT2D eigenvalue weighted by molar-refractivity contribution is 8.01. The molecule has 0 saturated carbocycles. The molecule has 3 nitrogen and oxygen atoms in total. The first-order chi connectivity index (χ1) is 6.47. The normalized spacial score (nSPS) is 11.4. The number of rotatable bonds is 3. The first-order valence-electron chi connectivity index (χ1n) is 3.76. The van der Waals surface area contributed by atoms with Crippen molar-refractivity contribution >= 4 is 17.7 Å². The zero-order valence-corrected chi connectivity index (χ0v) is 8.45. The van der Waals surface area contributed by atoms with Crippen LogP contribution in [0.25, 0.3) is 0 Å². The van der Waals surface area contributed by atoms with Gasteiger partial charge in [-0.3, -0.25) is 0 Å². The molecule has 0 unspecified atom stereocenters. The van der Waals surface area contributed by atoms with Gasteiger partial charge in [0.15, 0.2) is 0 Å². The van der Waals surface area contributed by atoms with Crippen LogP contribution in [0.2, 0.25) is 0 Å². The molecule has 0 fully saturated rings. The van der Waals surface area contributed by atoms with E-state index in [4.69, 9.17) is 0 Å². The molecule has 1 aromatic heterocycles. The van der Waals surface area contributed by atoms with Gasteiger partial charge in [0.2, 0.25) is 0 Å². The largest absolute Gasteiger partial charge is 0.464 e. The lowest BCUT2D eigenvalue weighted by atomic mass is 10.4. The number of thioether (sulfide) groups is 1. The van der Waals surface area contributed by atoms with Gasteiger partial charge in [0.05, 0.1) is 12.1 Å². The fraction of sp³-hybridized carbons (Fsp3) is 0.375. The zero-order chi connectivity index (χ0) is 10.8. The quantitative estimate of drug-likeness (QED) is 0.628. The lowest BCUT2D eigenvalue weighted by Gasteiger charge is -2.11. The summed E-state index contributed by atoms with van der Waals surface area (Å²) < 4.78 is 30.0. The Labute approximate surface area is 83.8 Å². The second-order valence-electron chi connectivity index (χ2n) is 2.60. The van der Waals surface area contributed by atoms with Crippen LogP contribution in [0.15, 0.2) is 17.3 Å². The van der Waals surface area contributed by atoms with Crippen LogP contribution in [0.3, 0.4) is 0 Å². The summed E-state index contributed by atoms with van der Waals surface area (Å²) in [5, 5.41) is -3.29. The van der Waals surface area contributed by atoms with Crippen molar-refractivity contribution in [2.24, 2.45) is 0 Å². The molecule has 0 aliphatic rings. The maximum absolute atomic E-state index is 13.0. The number of aromatic nitrogens is 1. The Morgan fingerprint density at radius 3 is 2.71 bits per heavy atom. The van der Waals surface area contributed by atoms with Gasteiger partial charge in [0, 0.05) is 6.20 Å². The molecule has 6 heteroatoms. The first-order valence-corrected chi connectivity index (χ1v) is 4.58. The van der Waals surface area contributed by atoms with Crippen molar-refractivity contribution in [2.45, 2.75) is 17.2 Å². The summed E-state index contributed by atoms with van der Waals surface area (Å²) in [6.45, 7) is 1.67. The Kier molecular flexibility index (Phi) is 3.15. The zero-order valence-electron chi connectivity index (χ0n) is 7.64. The molecule has 0 radical (unpaired) electrons. The molecule has 1 aromatic rings. The number of esters is 1. The van der Waals surface area contributed by atoms with Gasteiger partial charge in [-0.2, -0.15) is 8.78 Å². The van der Waals surface area contributed by atoms with Gasteiger partial charge in [0.25, 0.3) is 0 Å². The summed E-state index contributed by atoms with van der Waals surface area (Å²) >= 11 is 0.148. The van der Waals surface area contributed by atoms with Crippen LogP contribution >= 0.6 is 11.8 Å². The number of alkyl halides is 2. The second kappa shape index (κ2) is 4.00. The summed E-state index contributed by atoms with van der Waals surface area (Å²) in [6, 6.07) is 1.65. The monoisotopic (exact) mass is 221 g/mol. The SMILES string of the molecule is COC(=O)C(F)(F)Sc1[nH]ccc1C. The average Bonchev–Trinajstić information content (AvgIpc) is 2.50. The second-order valence-corrected chi connectivity index (χ2v) is 3.73. The van der Waals surface area contributed by atoms with Gasteiger partial charge in [0.1, 0.15) is 0 Å². The summed E-state index contributed by atoms with van der Waals surface area (Å²) in [4.78, 5) is 13.3. The molecule has 0 saturated heterocycles. The van der Waals surface area contributed by atoms with E-state index in [-0.39, 0.29) is 16.8 Å². The number of aromatic amines is 1. The average molecular weight is 221 g/mol. The summed E-state index contributed by atoms with van der Waals surface area (Å²) in [6.07, 6.45) is 1.53. The highest BCUT2D eigenvalue weighted by Crippen LogP contribution is 2.37. The number of hydrogen-bond donors (Lipinski definition) is 1. The fourth-order valence-corrected chi connectivity index (χ4v) is 1.61. The van der Waals surface area contributed by atoms with Gasteiger partial charge in [-0.25, -0.2) is 4.79 Å². The number of nitrogens with one attached hydrogen (secondary N) is 1. The molecule has 0 bridgehead atoms. The molecule has 78 valence electrons. The van der Waals surface area contributed by atoms with E-state index in [0.717, 1.165) is 7.11 Å². The maximum Gasteiger partial charge on any atom is 0.394 e. The van der Waals surface area contributed by atoms with E-state index >= 15 is 0 Å². The number of carbonyl (C=O) groups excluding carboxylic acids is 1. The smallest absolute Gasteiger partial charge is 0.394 e. The van der Waals surface area contributed by atoms with Crippen LogP contribution in [-0.4, -0.2) is 23.3 Å². The third kappa shape index (κ3) is 2.25. The third-order valence-electron chi connectivity index (χ3n) is 1.56. The number of hydrogen-bond acceptors (Lipinski definition) is 3. The molecule has 1 N–H and O–H groups in total. The molecule has 14 heavy (non-hydrogen) atoms. The number of H-pyrrole nitrogens is 1. The maximum atomic E-state index is 13.0. The van der Waals surface area contributed by atoms with Crippen LogP contribution in [0, 0.1) is 6.92 Å². The van der Waals surface area contributed by atoms with Gasteiger partial charge >= 0.3 is 11.2 Å². The van der Waals surface area contributed by atoms with E-state index < -0.39 is 11.2 Å². The number of aryl methyl sites for hydroxylation is 1. The Hall–Kier alpha value is -1.04. The van der Waals surface area contributed by atoms with Crippen LogP contribution in [0.4, 0.5) is 8.78 Å². The topological polar surface area (TPSA) is 42.1 Å². The molecule has 0 amide bonds. The number of halogens is 2. The summed E-state index contributed by atoms with van der Waals surface area (Å²) in [5.74, 6) is -1.54. The van der Waals surface area contributed by atoms with Crippen molar-refractivity contribution in [1.29, 1.82) is 0 Å². The molecular weight excluding hydrogens is 212 g/mol. The summed E-state index contributed by atoms with van der Waals surface area (Å²) in [7, 11) is 0.929. The van der Waals surface area contributed by atoms with Gasteiger partial charge in [-0.15, -0.1) is 0 Å². The Morgan fingerprint density at radius 1 is 1.64 bits per heavy atom. The third-order valence-corrected chi connectivity index (χ3v) is 2.63. The molecular formula is C8H9F2NO2S. The van der Waals surface area contributed by atoms with Gasteiger partial charge < -0.3 is 9.72 Å². The fourth-order valence-electron chi connectivity index (χ4n) is 0.831. The van der Waals surface area contributed by atoms with Crippen molar-refractivity contribution in [3.63, 3.8) is 0 Å². The van der Waals surface area contributed by atoms with Crippen LogP contribution in [-0.2, 0) is 9.53 Å². The summed E-state index contributed by atoms with van der Waals surface area (Å²) in [5.41, 5.74) is 0.665. The predicted octanol–water partition coefficient (Wildman–Crippen LogP) is 2.18. The van der Waals surface area contributed by atoms with E-state index in [2.05, 4.69) is 9.72 Å². The van der Waals surface area contributed by atoms with Gasteiger partial charge in [-0.1, -0.05) is 0 Å². The van der Waals surface area contributed by atoms with E-state index in [0.29, 0.717) is 5.56 Å². The standard InChI is InChI=1S/C8H9F2NO2S/c1-5-3-4-11-6(5)14-8(9,10)7(12)13-2/h3-4,11H,1-2H3. The lowest BCUT2D eigenvalue weighted by molar-refractivity contribution is -0.156. The van der Waals surface area contributed by atoms with Crippen molar-refractivity contribution in [3.8, 4) is 0 Å². The van der Waals surface area contributed by atoms with Crippen LogP contribution < -0.4 is 0 Å². The predicted molar refractivity (Wildman–Crippen MR) is 48.3 cm³/mol. The minimum Gasteiger partial charge on any atom is -0.464 e. The van der Waals surface area contributed by atoms with E-state index in [9.17, 15) is 13.6 Å². The number of methoxy groups -OCH3 is 1. The highest BCUT2D eigenvalue weighted by Gasteiger charge is 2.42. The number of carbonyl (C=O) groups is 1. The van der Waals surface area contributed by atoms with E-state index in [1.54, 1.807) is 13.0 Å². The highest BCUT2D eigenvalue weighted by atomic mass is 32.2. The molecule has 0 aliphatic heterocycles. The first kappa shape index (κ1) is 11.0. The van der Waals surface area contributed by atoms with Crippen molar-refractivity contribution in [3.05, 3.63) is 17.8 Å². The Bertz CT molecular complexity index is 338. The van der Waals surface area contributed by atoms with E-state index in [1.807, 2.05) is 0 Å². The molecule has 0 aliphatic carbocycles. The van der Waals surface area contributed by atoms with Crippen LogP contribution in [0.5, 0.6) is 0 Å². The minimum atomic E-state index is -3.55. The Balaban J connectivity index is 2.78. The molecule has 0 spiro atoms. The molecule has 1 heterocycles. The van der Waals surface area contributed by atoms with E-state index in [1.165, 1.54) is 6.20 Å². The van der Waals surface area contributed by atoms with Crippen LogP contribution in [0.1, 0.15) is 5.56 Å². The molecule has 0 atom stereocenters. The van der Waals surface area contributed by atoms with Crippen molar-refractivity contribution < 1.29 is 18.3 Å². The molecule has 1 rings (SSSR count). The Morgan fingerprint density at radius 2 is 2.29 bits per heavy atom. The minimum absolute atomic E-state index is 0.148. The van der Waals surface area contributed by atoms with Gasteiger partial charge in [-0.05, 0) is 30.3 Å². The van der Waals surface area contributed by atoms with Crippen molar-refractivity contribution in [1.82, 2.24) is 4.98 Å².